The average molecular weight is 168 g/mol. The average Bonchev–Trinajstić information content (AvgIpc) is 2.11. The Hall–Kier alpha value is -1.26. The number of nitrogen functional groups attached to an aromatic ring is 2. The van der Waals surface area contributed by atoms with E-state index in [1.54, 1.807) is 24.3 Å². The Morgan fingerprint density at radius 1 is 0.750 bits per heavy atom. The van der Waals surface area contributed by atoms with Crippen molar-refractivity contribution in [2.45, 2.75) is 0 Å². The molecule has 8 N–H and O–H groups in total. The number of anilines is 2. The lowest BCUT2D eigenvalue weighted by Crippen LogP contribution is -2.11. The SMILES string of the molecule is NCCN.Nc1ccc(N)cc1. The van der Waals surface area contributed by atoms with Gasteiger partial charge in [-0.25, -0.2) is 0 Å². The second-order valence-corrected chi connectivity index (χ2v) is 2.24. The molecule has 0 spiro atoms. The molecule has 1 rings (SSSR count). The second-order valence-electron chi connectivity index (χ2n) is 2.24. The number of nitrogens with two attached hydrogens (primary N) is 4. The van der Waals surface area contributed by atoms with Crippen molar-refractivity contribution in [2.75, 3.05) is 24.6 Å². The molecular weight excluding hydrogens is 152 g/mol. The highest BCUT2D eigenvalue weighted by atomic mass is 14.6. The minimum absolute atomic E-state index is 0.597. The van der Waals surface area contributed by atoms with Gasteiger partial charge >= 0.3 is 0 Å². The first-order valence-electron chi connectivity index (χ1n) is 3.72. The van der Waals surface area contributed by atoms with Gasteiger partial charge in [0.25, 0.3) is 0 Å². The normalized spacial score (nSPS) is 8.50. The van der Waals surface area contributed by atoms with Gasteiger partial charge in [-0.1, -0.05) is 0 Å². The fourth-order valence-corrected chi connectivity index (χ4v) is 0.496. The van der Waals surface area contributed by atoms with Crippen molar-refractivity contribution >= 4 is 11.4 Å². The summed E-state index contributed by atoms with van der Waals surface area (Å²) in [5.74, 6) is 0. The molecule has 0 amide bonds. The van der Waals surface area contributed by atoms with Crippen molar-refractivity contribution < 1.29 is 0 Å². The Balaban J connectivity index is 0.000000261. The third kappa shape index (κ3) is 5.52. The summed E-state index contributed by atoms with van der Waals surface area (Å²) >= 11 is 0. The molecule has 0 aliphatic rings. The van der Waals surface area contributed by atoms with E-state index < -0.39 is 0 Å². The van der Waals surface area contributed by atoms with Gasteiger partial charge in [-0.15, -0.1) is 0 Å². The van der Waals surface area contributed by atoms with Crippen molar-refractivity contribution in [3.05, 3.63) is 24.3 Å². The minimum atomic E-state index is 0.597. The molecule has 0 radical (unpaired) electrons. The third-order valence-corrected chi connectivity index (χ3v) is 1.10. The first-order valence-corrected chi connectivity index (χ1v) is 3.72. The fourth-order valence-electron chi connectivity index (χ4n) is 0.496. The smallest absolute Gasteiger partial charge is 0.0315 e. The molecule has 0 aromatic heterocycles. The van der Waals surface area contributed by atoms with Crippen molar-refractivity contribution in [3.63, 3.8) is 0 Å². The Kier molecular flexibility index (Phi) is 5.77. The maximum Gasteiger partial charge on any atom is 0.0315 e. The molecule has 0 aliphatic heterocycles. The van der Waals surface area contributed by atoms with Crippen LogP contribution in [0, 0.1) is 0 Å². The van der Waals surface area contributed by atoms with E-state index in [1.165, 1.54) is 0 Å². The summed E-state index contributed by atoms with van der Waals surface area (Å²) in [5.41, 5.74) is 22.0. The minimum Gasteiger partial charge on any atom is -0.399 e. The maximum absolute atomic E-state index is 5.37. The van der Waals surface area contributed by atoms with Crippen LogP contribution in [0.4, 0.5) is 11.4 Å². The van der Waals surface area contributed by atoms with Gasteiger partial charge < -0.3 is 22.9 Å². The highest BCUT2D eigenvalue weighted by molar-refractivity contribution is 5.47. The molecule has 0 heterocycles. The summed E-state index contributed by atoms with van der Waals surface area (Å²) in [4.78, 5) is 0. The molecule has 68 valence electrons. The van der Waals surface area contributed by atoms with Crippen molar-refractivity contribution in [2.24, 2.45) is 11.5 Å². The lowest BCUT2D eigenvalue weighted by atomic mass is 10.3. The summed E-state index contributed by atoms with van der Waals surface area (Å²) in [6.07, 6.45) is 0. The van der Waals surface area contributed by atoms with E-state index in [9.17, 15) is 0 Å². The van der Waals surface area contributed by atoms with Crippen LogP contribution in [0.3, 0.4) is 0 Å². The lowest BCUT2D eigenvalue weighted by molar-refractivity contribution is 0.976. The van der Waals surface area contributed by atoms with Gasteiger partial charge in [0.05, 0.1) is 0 Å². The zero-order valence-corrected chi connectivity index (χ0v) is 7.03. The Morgan fingerprint density at radius 3 is 1.17 bits per heavy atom. The number of rotatable bonds is 1. The van der Waals surface area contributed by atoms with Crippen LogP contribution in [0.25, 0.3) is 0 Å². The zero-order chi connectivity index (χ0) is 9.40. The van der Waals surface area contributed by atoms with E-state index >= 15 is 0 Å². The van der Waals surface area contributed by atoms with Gasteiger partial charge in [0, 0.05) is 24.5 Å². The molecule has 1 aromatic rings. The zero-order valence-electron chi connectivity index (χ0n) is 7.03. The van der Waals surface area contributed by atoms with Crippen LogP contribution in [0.15, 0.2) is 24.3 Å². The van der Waals surface area contributed by atoms with Crippen LogP contribution in [0.1, 0.15) is 0 Å². The molecule has 0 unspecified atom stereocenters. The molecule has 0 atom stereocenters. The molecule has 4 heteroatoms. The fraction of sp³-hybridized carbons (Fsp3) is 0.250. The van der Waals surface area contributed by atoms with Crippen LogP contribution in [-0.2, 0) is 0 Å². The van der Waals surface area contributed by atoms with E-state index in [0.29, 0.717) is 13.1 Å². The van der Waals surface area contributed by atoms with Crippen LogP contribution >= 0.6 is 0 Å². The standard InChI is InChI=1S/C6H8N2.C2H8N2/c7-5-1-2-6(8)4-3-5;3-1-2-4/h1-4H,7-8H2;1-4H2. The first-order chi connectivity index (χ1) is 5.70. The van der Waals surface area contributed by atoms with Crippen LogP contribution < -0.4 is 22.9 Å². The predicted molar refractivity (Wildman–Crippen MR) is 53.4 cm³/mol. The largest absolute Gasteiger partial charge is 0.399 e. The molecule has 0 saturated heterocycles. The third-order valence-electron chi connectivity index (χ3n) is 1.10. The molecule has 0 fully saturated rings. The maximum atomic E-state index is 5.37. The molecular formula is C8H16N4. The van der Waals surface area contributed by atoms with Crippen molar-refractivity contribution in [1.82, 2.24) is 0 Å². The van der Waals surface area contributed by atoms with E-state index in [4.69, 9.17) is 22.9 Å². The Bertz CT molecular complexity index is 172. The summed E-state index contributed by atoms with van der Waals surface area (Å²) in [7, 11) is 0. The highest BCUT2D eigenvalue weighted by Crippen LogP contribution is 2.04. The molecule has 4 nitrogen and oxygen atoms in total. The van der Waals surface area contributed by atoms with Gasteiger partial charge in [0.2, 0.25) is 0 Å². The van der Waals surface area contributed by atoms with E-state index in [2.05, 4.69) is 0 Å². The topological polar surface area (TPSA) is 104 Å². The molecule has 12 heavy (non-hydrogen) atoms. The van der Waals surface area contributed by atoms with E-state index in [-0.39, 0.29) is 0 Å². The Morgan fingerprint density at radius 2 is 1.00 bits per heavy atom. The Labute approximate surface area is 72.5 Å². The second kappa shape index (κ2) is 6.45. The van der Waals surface area contributed by atoms with Gasteiger partial charge in [-0.3, -0.25) is 0 Å². The number of benzene rings is 1. The van der Waals surface area contributed by atoms with Crippen molar-refractivity contribution in [1.29, 1.82) is 0 Å². The van der Waals surface area contributed by atoms with Gasteiger partial charge in [0.1, 0.15) is 0 Å². The molecule has 0 aliphatic carbocycles. The lowest BCUT2D eigenvalue weighted by Gasteiger charge is -1.90. The number of hydrogen-bond donors (Lipinski definition) is 4. The van der Waals surface area contributed by atoms with Gasteiger partial charge in [-0.05, 0) is 24.3 Å². The molecule has 0 saturated carbocycles. The van der Waals surface area contributed by atoms with Crippen LogP contribution in [0.5, 0.6) is 0 Å². The van der Waals surface area contributed by atoms with Gasteiger partial charge in [-0.2, -0.15) is 0 Å². The van der Waals surface area contributed by atoms with E-state index in [1.807, 2.05) is 0 Å². The first kappa shape index (κ1) is 10.7. The quantitative estimate of drug-likeness (QED) is 0.434. The van der Waals surface area contributed by atoms with Crippen molar-refractivity contribution in [3.8, 4) is 0 Å². The van der Waals surface area contributed by atoms with Gasteiger partial charge in [0.15, 0.2) is 0 Å². The molecule has 1 aromatic carbocycles. The molecule has 0 bridgehead atoms. The predicted octanol–water partition coefficient (Wildman–Crippen LogP) is -0.245. The summed E-state index contributed by atoms with van der Waals surface area (Å²) in [6, 6.07) is 7.09. The monoisotopic (exact) mass is 168 g/mol. The summed E-state index contributed by atoms with van der Waals surface area (Å²) in [6.45, 7) is 1.19. The van der Waals surface area contributed by atoms with E-state index in [0.717, 1.165) is 11.4 Å². The summed E-state index contributed by atoms with van der Waals surface area (Å²) in [5, 5.41) is 0. The van der Waals surface area contributed by atoms with Crippen LogP contribution in [-0.4, -0.2) is 13.1 Å². The van der Waals surface area contributed by atoms with Crippen LogP contribution in [0.2, 0.25) is 0 Å². The highest BCUT2D eigenvalue weighted by Gasteiger charge is 1.80. The summed E-state index contributed by atoms with van der Waals surface area (Å²) < 4.78 is 0. The number of hydrogen-bond acceptors (Lipinski definition) is 4.